The average Bonchev–Trinajstić information content (AvgIpc) is 2.85. The quantitative estimate of drug-likeness (QED) is 0.836. The van der Waals surface area contributed by atoms with Crippen LogP contribution in [0.2, 0.25) is 0 Å². The van der Waals surface area contributed by atoms with Gasteiger partial charge in [-0.15, -0.1) is 0 Å². The maximum Gasteiger partial charge on any atom is 0.136 e. The first-order valence-corrected chi connectivity index (χ1v) is 7.15. The van der Waals surface area contributed by atoms with Gasteiger partial charge in [0.05, 0.1) is 6.20 Å². The highest BCUT2D eigenvalue weighted by atomic mass is 19.1. The number of hydrogen-bond donors (Lipinski definition) is 0. The van der Waals surface area contributed by atoms with E-state index in [0.29, 0.717) is 11.6 Å². The Hall–Kier alpha value is -1.84. The van der Waals surface area contributed by atoms with Crippen molar-refractivity contribution in [3.63, 3.8) is 0 Å². The van der Waals surface area contributed by atoms with Gasteiger partial charge in [0.1, 0.15) is 5.82 Å². The Bertz CT molecular complexity index is 631. The number of fused-ring (bicyclic) bond motifs is 1. The second kappa shape index (κ2) is 4.93. The van der Waals surface area contributed by atoms with E-state index in [-0.39, 0.29) is 5.82 Å². The molecule has 0 fully saturated rings. The van der Waals surface area contributed by atoms with E-state index in [2.05, 4.69) is 29.9 Å². The van der Waals surface area contributed by atoms with Crippen molar-refractivity contribution < 1.29 is 4.39 Å². The molecule has 0 saturated carbocycles. The van der Waals surface area contributed by atoms with Gasteiger partial charge in [-0.1, -0.05) is 0 Å². The van der Waals surface area contributed by atoms with Gasteiger partial charge in [-0.25, -0.2) is 4.39 Å². The summed E-state index contributed by atoms with van der Waals surface area (Å²) in [6.07, 6.45) is 5.40. The summed E-state index contributed by atoms with van der Waals surface area (Å²) < 4.78 is 16.5. The summed E-state index contributed by atoms with van der Waals surface area (Å²) in [7, 11) is 1.85. The highest BCUT2D eigenvalue weighted by Gasteiger charge is 2.24. The Labute approximate surface area is 119 Å². The highest BCUT2D eigenvalue weighted by molar-refractivity contribution is 5.70. The average molecular weight is 273 g/mol. The minimum absolute atomic E-state index is 0.0825. The van der Waals surface area contributed by atoms with Crippen molar-refractivity contribution in [2.75, 3.05) is 11.4 Å². The molecule has 3 nitrogen and oxygen atoms in total. The summed E-state index contributed by atoms with van der Waals surface area (Å²) in [4.78, 5) is 2.29. The molecule has 0 radical (unpaired) electrons. The third kappa shape index (κ3) is 2.09. The van der Waals surface area contributed by atoms with Crippen LogP contribution in [0.1, 0.15) is 25.8 Å². The standard InChI is InChI=1S/C16H20FN3/c1-11(2)20-8-4-5-14-15(20)7-6-13(16(14)17)12-9-18-19(3)10-12/h6-7,9-11H,4-5,8H2,1-3H3. The first-order valence-electron chi connectivity index (χ1n) is 7.15. The van der Waals surface area contributed by atoms with Gasteiger partial charge in [-0.3, -0.25) is 4.68 Å². The molecule has 0 spiro atoms. The van der Waals surface area contributed by atoms with E-state index in [9.17, 15) is 4.39 Å². The molecule has 0 amide bonds. The van der Waals surface area contributed by atoms with Crippen molar-refractivity contribution in [1.82, 2.24) is 9.78 Å². The Balaban J connectivity index is 2.09. The van der Waals surface area contributed by atoms with Crippen LogP contribution in [0.25, 0.3) is 11.1 Å². The first kappa shape index (κ1) is 13.2. The normalized spacial score (nSPS) is 14.8. The number of nitrogens with zero attached hydrogens (tertiary/aromatic N) is 3. The van der Waals surface area contributed by atoms with E-state index in [4.69, 9.17) is 0 Å². The molecular weight excluding hydrogens is 253 g/mol. The largest absolute Gasteiger partial charge is 0.369 e. The zero-order valence-electron chi connectivity index (χ0n) is 12.2. The zero-order valence-corrected chi connectivity index (χ0v) is 12.2. The molecular formula is C16H20FN3. The molecule has 0 bridgehead atoms. The third-order valence-electron chi connectivity index (χ3n) is 3.99. The lowest BCUT2D eigenvalue weighted by molar-refractivity contribution is 0.574. The van der Waals surface area contributed by atoms with Crippen LogP contribution in [-0.4, -0.2) is 22.4 Å². The summed E-state index contributed by atoms with van der Waals surface area (Å²) >= 11 is 0. The van der Waals surface area contributed by atoms with Crippen molar-refractivity contribution in [1.29, 1.82) is 0 Å². The van der Waals surface area contributed by atoms with Crippen LogP contribution in [0.4, 0.5) is 10.1 Å². The lowest BCUT2D eigenvalue weighted by Crippen LogP contribution is -2.35. The second-order valence-electron chi connectivity index (χ2n) is 5.72. The van der Waals surface area contributed by atoms with Crippen LogP contribution in [0.5, 0.6) is 0 Å². The molecule has 4 heteroatoms. The molecule has 20 heavy (non-hydrogen) atoms. The van der Waals surface area contributed by atoms with Crippen LogP contribution in [0.15, 0.2) is 24.5 Å². The van der Waals surface area contributed by atoms with Gasteiger partial charge >= 0.3 is 0 Å². The summed E-state index contributed by atoms with van der Waals surface area (Å²) in [5.41, 5.74) is 3.40. The molecule has 3 rings (SSSR count). The van der Waals surface area contributed by atoms with Crippen molar-refractivity contribution in [3.05, 3.63) is 35.9 Å². The Morgan fingerprint density at radius 2 is 2.10 bits per heavy atom. The van der Waals surface area contributed by atoms with Crippen molar-refractivity contribution >= 4 is 5.69 Å². The molecule has 106 valence electrons. The molecule has 1 aliphatic rings. The van der Waals surface area contributed by atoms with Gasteiger partial charge in [0, 0.05) is 48.2 Å². The predicted octanol–water partition coefficient (Wildman–Crippen LogP) is 3.39. The molecule has 0 unspecified atom stereocenters. The predicted molar refractivity (Wildman–Crippen MR) is 79.4 cm³/mol. The summed E-state index contributed by atoms with van der Waals surface area (Å²) in [6, 6.07) is 4.34. The number of anilines is 1. The Morgan fingerprint density at radius 1 is 1.30 bits per heavy atom. The molecule has 2 aromatic rings. The number of benzene rings is 1. The zero-order chi connectivity index (χ0) is 14.3. The summed E-state index contributed by atoms with van der Waals surface area (Å²) in [5, 5.41) is 4.13. The van der Waals surface area contributed by atoms with Gasteiger partial charge in [0.2, 0.25) is 0 Å². The second-order valence-corrected chi connectivity index (χ2v) is 5.72. The van der Waals surface area contributed by atoms with E-state index < -0.39 is 0 Å². The Morgan fingerprint density at radius 3 is 2.75 bits per heavy atom. The molecule has 1 aromatic carbocycles. The fraction of sp³-hybridized carbons (Fsp3) is 0.438. The van der Waals surface area contributed by atoms with E-state index in [1.807, 2.05) is 19.3 Å². The molecule has 2 heterocycles. The van der Waals surface area contributed by atoms with Gasteiger partial charge in [-0.2, -0.15) is 5.10 Å². The summed E-state index contributed by atoms with van der Waals surface area (Å²) in [6.45, 7) is 5.32. The van der Waals surface area contributed by atoms with E-state index in [0.717, 1.165) is 36.2 Å². The lowest BCUT2D eigenvalue weighted by Gasteiger charge is -2.35. The molecule has 0 saturated heterocycles. The van der Waals surface area contributed by atoms with Gasteiger partial charge in [-0.05, 0) is 38.8 Å². The number of halogens is 1. The van der Waals surface area contributed by atoms with Gasteiger partial charge in [0.25, 0.3) is 0 Å². The van der Waals surface area contributed by atoms with Crippen LogP contribution in [0.3, 0.4) is 0 Å². The number of aromatic nitrogens is 2. The van der Waals surface area contributed by atoms with Crippen molar-refractivity contribution in [3.8, 4) is 11.1 Å². The van der Waals surface area contributed by atoms with Gasteiger partial charge < -0.3 is 4.90 Å². The first-order chi connectivity index (χ1) is 9.58. The number of aryl methyl sites for hydroxylation is 1. The minimum atomic E-state index is -0.0825. The Kier molecular flexibility index (Phi) is 3.24. The van der Waals surface area contributed by atoms with Crippen molar-refractivity contribution in [2.45, 2.75) is 32.7 Å². The number of hydrogen-bond acceptors (Lipinski definition) is 2. The SMILES string of the molecule is CC(C)N1CCCc2c1ccc(-c1cnn(C)c1)c2F. The van der Waals surface area contributed by atoms with Crippen LogP contribution in [-0.2, 0) is 13.5 Å². The molecule has 0 N–H and O–H groups in total. The maximum atomic E-state index is 14.8. The van der Waals surface area contributed by atoms with E-state index >= 15 is 0 Å². The topological polar surface area (TPSA) is 21.1 Å². The van der Waals surface area contributed by atoms with Crippen molar-refractivity contribution in [2.24, 2.45) is 7.05 Å². The fourth-order valence-electron chi connectivity index (χ4n) is 2.98. The van der Waals surface area contributed by atoms with E-state index in [1.54, 1.807) is 10.9 Å². The number of rotatable bonds is 2. The fourth-order valence-corrected chi connectivity index (χ4v) is 2.98. The maximum absolute atomic E-state index is 14.8. The summed E-state index contributed by atoms with van der Waals surface area (Å²) in [5.74, 6) is -0.0825. The third-order valence-corrected chi connectivity index (χ3v) is 3.99. The van der Waals surface area contributed by atoms with Crippen LogP contribution >= 0.6 is 0 Å². The monoisotopic (exact) mass is 273 g/mol. The lowest BCUT2D eigenvalue weighted by atomic mass is 9.95. The van der Waals surface area contributed by atoms with Crippen LogP contribution < -0.4 is 4.90 Å². The molecule has 1 aliphatic heterocycles. The highest BCUT2D eigenvalue weighted by Crippen LogP contribution is 2.35. The smallest absolute Gasteiger partial charge is 0.136 e. The van der Waals surface area contributed by atoms with Crippen LogP contribution in [0, 0.1) is 5.82 Å². The molecule has 0 atom stereocenters. The van der Waals surface area contributed by atoms with E-state index in [1.165, 1.54) is 0 Å². The molecule has 0 aliphatic carbocycles. The molecule has 1 aromatic heterocycles. The minimum Gasteiger partial charge on any atom is -0.369 e. The van der Waals surface area contributed by atoms with Gasteiger partial charge in [0.15, 0.2) is 0 Å².